The Labute approximate surface area is 126 Å². The van der Waals surface area contributed by atoms with E-state index in [2.05, 4.69) is 0 Å². The molecule has 0 aliphatic carbocycles. The van der Waals surface area contributed by atoms with Gasteiger partial charge in [0.2, 0.25) is 0 Å². The number of hydrogen-bond donors (Lipinski definition) is 2. The molecule has 0 aliphatic heterocycles. The van der Waals surface area contributed by atoms with Crippen LogP contribution in [0.3, 0.4) is 0 Å². The van der Waals surface area contributed by atoms with E-state index in [1.54, 1.807) is 0 Å². The van der Waals surface area contributed by atoms with Gasteiger partial charge in [-0.25, -0.2) is 4.79 Å². The van der Waals surface area contributed by atoms with Crippen molar-refractivity contribution < 1.29 is 22.9 Å². The van der Waals surface area contributed by atoms with Gasteiger partial charge in [-0.3, -0.25) is 4.55 Å². The third-order valence-electron chi connectivity index (χ3n) is 1.39. The van der Waals surface area contributed by atoms with Gasteiger partial charge in [0, 0.05) is 57.0 Å². The first-order chi connectivity index (χ1) is 5.83. The van der Waals surface area contributed by atoms with Gasteiger partial charge in [-0.05, 0) is 19.8 Å². The minimum atomic E-state index is -3.92. The van der Waals surface area contributed by atoms with Crippen LogP contribution in [0.15, 0.2) is 11.6 Å². The second-order valence-corrected chi connectivity index (χ2v) is 4.19. The summed E-state index contributed by atoms with van der Waals surface area (Å²) < 4.78 is 28.8. The summed E-state index contributed by atoms with van der Waals surface area (Å²) in [5, 5.41) is 8.41. The number of carboxylic acid groups (broad SMARTS) is 1. The molecule has 5 nitrogen and oxygen atoms in total. The monoisotopic (exact) mass is 247 g/mol. The average molecular weight is 247 g/mol. The Balaban J connectivity index is 0. The third kappa shape index (κ3) is 10.8. The van der Waals surface area contributed by atoms with Crippen LogP contribution in [0.1, 0.15) is 19.8 Å². The van der Waals surface area contributed by atoms with E-state index >= 15 is 0 Å². The predicted octanol–water partition coefficient (Wildman–Crippen LogP) is 0.305. The van der Waals surface area contributed by atoms with E-state index in [0.717, 1.165) is 0 Å². The zero-order valence-corrected chi connectivity index (χ0v) is 12.2. The van der Waals surface area contributed by atoms with E-state index < -0.39 is 16.1 Å². The molecule has 0 saturated heterocycles. The Hall–Kier alpha value is 0.756. The van der Waals surface area contributed by atoms with Crippen LogP contribution >= 0.6 is 0 Å². The molecule has 0 heterocycles. The summed E-state index contributed by atoms with van der Waals surface area (Å²) >= 11 is 0. The molecule has 0 aliphatic rings. The van der Waals surface area contributed by atoms with Crippen molar-refractivity contribution in [2.45, 2.75) is 19.8 Å². The first kappa shape index (κ1) is 17.2. The van der Waals surface area contributed by atoms with Crippen LogP contribution in [0.5, 0.6) is 0 Å². The predicted molar refractivity (Wildman–Crippen MR) is 52.8 cm³/mol. The fraction of sp³-hybridized carbons (Fsp3) is 0.571. The van der Waals surface area contributed by atoms with Crippen molar-refractivity contribution in [1.82, 2.24) is 0 Å². The zero-order valence-electron chi connectivity index (χ0n) is 8.23. The Morgan fingerprint density at radius 3 is 2.29 bits per heavy atom. The first-order valence-corrected chi connectivity index (χ1v) is 5.29. The van der Waals surface area contributed by atoms with Gasteiger partial charge in [0.05, 0.1) is 5.75 Å². The van der Waals surface area contributed by atoms with Crippen molar-refractivity contribution >= 4 is 67.5 Å². The van der Waals surface area contributed by atoms with Crippen LogP contribution in [-0.2, 0) is 14.9 Å². The molecule has 0 saturated carbocycles. The standard InChI is InChI=1S/C7H12O5S.K/c1-6(7(8)9)4-2-3-5-13(10,11)12;/h4H,2-3,5H2,1H3,(H,8,9)(H,10,11,12);. The topological polar surface area (TPSA) is 91.7 Å². The normalized spacial score (nSPS) is 12.0. The number of allylic oxidation sites excluding steroid dienone is 1. The molecule has 0 fully saturated rings. The van der Waals surface area contributed by atoms with Crippen LogP contribution in [0.25, 0.3) is 0 Å². The molecule has 0 aromatic rings. The number of unbranched alkanes of at least 4 members (excludes halogenated alkanes) is 1. The van der Waals surface area contributed by atoms with E-state index in [1.807, 2.05) is 0 Å². The number of carbonyl (C=O) groups is 1. The Bertz CT molecular complexity index is 306. The van der Waals surface area contributed by atoms with E-state index in [1.165, 1.54) is 13.0 Å². The molecule has 0 rings (SSSR count). The third-order valence-corrected chi connectivity index (χ3v) is 2.20. The number of aliphatic carboxylic acids is 1. The van der Waals surface area contributed by atoms with Crippen LogP contribution in [0.4, 0.5) is 0 Å². The van der Waals surface area contributed by atoms with Gasteiger partial charge in [0.15, 0.2) is 0 Å². The van der Waals surface area contributed by atoms with Gasteiger partial charge in [-0.1, -0.05) is 6.08 Å². The Morgan fingerprint density at radius 2 is 1.93 bits per heavy atom. The van der Waals surface area contributed by atoms with Crippen LogP contribution in [0, 0.1) is 0 Å². The molecular weight excluding hydrogens is 235 g/mol. The summed E-state index contributed by atoms with van der Waals surface area (Å²) in [5.41, 5.74) is 0.176. The number of carboxylic acids is 1. The molecule has 1 radical (unpaired) electrons. The van der Waals surface area contributed by atoms with E-state index in [9.17, 15) is 13.2 Å². The van der Waals surface area contributed by atoms with Crippen molar-refractivity contribution in [3.8, 4) is 0 Å². The Morgan fingerprint density at radius 1 is 1.43 bits per heavy atom. The molecule has 0 aromatic carbocycles. The van der Waals surface area contributed by atoms with Crippen LogP contribution in [0.2, 0.25) is 0 Å². The van der Waals surface area contributed by atoms with Crippen molar-refractivity contribution in [2.24, 2.45) is 0 Å². The molecule has 0 unspecified atom stereocenters. The molecule has 0 spiro atoms. The minimum Gasteiger partial charge on any atom is -0.478 e. The fourth-order valence-corrected chi connectivity index (χ4v) is 1.20. The largest absolute Gasteiger partial charge is 0.478 e. The van der Waals surface area contributed by atoms with E-state index in [-0.39, 0.29) is 69.1 Å². The smallest absolute Gasteiger partial charge is 0.330 e. The van der Waals surface area contributed by atoms with Gasteiger partial charge in [0.25, 0.3) is 10.1 Å². The molecule has 14 heavy (non-hydrogen) atoms. The van der Waals surface area contributed by atoms with Crippen molar-refractivity contribution in [1.29, 1.82) is 0 Å². The average Bonchev–Trinajstić information content (AvgIpc) is 1.95. The van der Waals surface area contributed by atoms with Gasteiger partial charge < -0.3 is 5.11 Å². The van der Waals surface area contributed by atoms with Crippen molar-refractivity contribution in [3.05, 3.63) is 11.6 Å². The number of hydrogen-bond acceptors (Lipinski definition) is 3. The molecule has 0 amide bonds. The minimum absolute atomic E-state index is 0. The summed E-state index contributed by atoms with van der Waals surface area (Å²) in [6.45, 7) is 1.43. The van der Waals surface area contributed by atoms with Gasteiger partial charge in [-0.15, -0.1) is 0 Å². The maximum atomic E-state index is 10.3. The van der Waals surface area contributed by atoms with Gasteiger partial charge in [0.1, 0.15) is 0 Å². The SMILES string of the molecule is CC(=CCCCS(=O)(=O)O)C(=O)O.[K]. The summed E-state index contributed by atoms with van der Waals surface area (Å²) in [6.07, 6.45) is 1.98. The Kier molecular flexibility index (Phi) is 9.77. The second-order valence-electron chi connectivity index (χ2n) is 2.62. The fourth-order valence-electron chi connectivity index (χ4n) is 0.672. The molecule has 0 bridgehead atoms. The molecule has 7 heteroatoms. The molecule has 77 valence electrons. The van der Waals surface area contributed by atoms with Gasteiger partial charge in [-0.2, -0.15) is 8.42 Å². The second kappa shape index (κ2) is 7.97. The first-order valence-electron chi connectivity index (χ1n) is 3.68. The van der Waals surface area contributed by atoms with Gasteiger partial charge >= 0.3 is 5.97 Å². The van der Waals surface area contributed by atoms with Crippen molar-refractivity contribution in [3.63, 3.8) is 0 Å². The molecular formula is C7H12KO5S. The molecule has 0 aromatic heterocycles. The summed E-state index contributed by atoms with van der Waals surface area (Å²) in [4.78, 5) is 10.3. The quantitative estimate of drug-likeness (QED) is 0.315. The maximum Gasteiger partial charge on any atom is 0.330 e. The van der Waals surface area contributed by atoms with E-state index in [4.69, 9.17) is 9.66 Å². The molecule has 2 N–H and O–H groups in total. The molecule has 0 atom stereocenters. The zero-order chi connectivity index (χ0) is 10.5. The maximum absolute atomic E-state index is 10.3. The van der Waals surface area contributed by atoms with Crippen molar-refractivity contribution in [2.75, 3.05) is 5.75 Å². The summed E-state index contributed by atoms with van der Waals surface area (Å²) in [5.74, 6) is -1.36. The summed E-state index contributed by atoms with van der Waals surface area (Å²) in [7, 11) is -3.92. The van der Waals surface area contributed by atoms with Crippen LogP contribution in [-0.4, -0.2) is 81.2 Å². The number of rotatable bonds is 5. The van der Waals surface area contributed by atoms with Crippen LogP contribution < -0.4 is 0 Å². The summed E-state index contributed by atoms with van der Waals surface area (Å²) in [6, 6.07) is 0. The van der Waals surface area contributed by atoms with E-state index in [0.29, 0.717) is 6.42 Å².